The van der Waals surface area contributed by atoms with Crippen molar-refractivity contribution < 1.29 is 0 Å². The lowest BCUT2D eigenvalue weighted by Crippen LogP contribution is -2.32. The number of hydrogen-bond acceptors (Lipinski definition) is 0. The fraction of sp³-hybridized carbons (Fsp3) is 1.00. The van der Waals surface area contributed by atoms with E-state index in [0.717, 1.165) is 47.3 Å². The molecular formula is C24H46. The van der Waals surface area contributed by atoms with Gasteiger partial charge < -0.3 is 0 Å². The van der Waals surface area contributed by atoms with Gasteiger partial charge in [-0.3, -0.25) is 0 Å². The van der Waals surface area contributed by atoms with Crippen LogP contribution in [-0.4, -0.2) is 0 Å². The molecule has 0 radical (unpaired) electrons. The molecule has 24 heavy (non-hydrogen) atoms. The summed E-state index contributed by atoms with van der Waals surface area (Å²) in [6.07, 6.45) is 15.2. The molecule has 0 amide bonds. The van der Waals surface area contributed by atoms with Crippen LogP contribution in [0, 0.1) is 47.3 Å². The summed E-state index contributed by atoms with van der Waals surface area (Å²) in [4.78, 5) is 0. The molecule has 2 rings (SSSR count). The normalized spacial score (nSPS) is 33.4. The molecule has 0 atom stereocenters. The highest BCUT2D eigenvalue weighted by Crippen LogP contribution is 2.46. The minimum Gasteiger partial charge on any atom is -0.0628 e. The fourth-order valence-corrected chi connectivity index (χ4v) is 5.86. The van der Waals surface area contributed by atoms with Crippen LogP contribution in [0.4, 0.5) is 0 Å². The zero-order valence-electron chi connectivity index (χ0n) is 17.7. The Kier molecular flexibility index (Phi) is 8.15. The highest BCUT2D eigenvalue weighted by molar-refractivity contribution is 4.86. The van der Waals surface area contributed by atoms with Crippen LogP contribution in [0.5, 0.6) is 0 Å². The third-order valence-corrected chi connectivity index (χ3v) is 7.81. The Morgan fingerprint density at radius 3 is 1.12 bits per heavy atom. The van der Waals surface area contributed by atoms with Gasteiger partial charge in [-0.25, -0.2) is 0 Å². The number of rotatable bonds is 7. The molecule has 0 spiro atoms. The van der Waals surface area contributed by atoms with E-state index in [-0.39, 0.29) is 0 Å². The predicted molar refractivity (Wildman–Crippen MR) is 108 cm³/mol. The van der Waals surface area contributed by atoms with Crippen LogP contribution in [0.1, 0.15) is 106 Å². The predicted octanol–water partition coefficient (Wildman–Crippen LogP) is 7.96. The van der Waals surface area contributed by atoms with Crippen LogP contribution in [-0.2, 0) is 0 Å². The van der Waals surface area contributed by atoms with Crippen LogP contribution in [0.15, 0.2) is 0 Å². The van der Waals surface area contributed by atoms with Gasteiger partial charge in [-0.1, -0.05) is 48.0 Å². The zero-order valence-corrected chi connectivity index (χ0v) is 17.7. The molecule has 0 nitrogen and oxygen atoms in total. The van der Waals surface area contributed by atoms with Crippen molar-refractivity contribution in [2.45, 2.75) is 106 Å². The van der Waals surface area contributed by atoms with Gasteiger partial charge in [-0.15, -0.1) is 0 Å². The van der Waals surface area contributed by atoms with Crippen molar-refractivity contribution >= 4 is 0 Å². The lowest BCUT2D eigenvalue weighted by molar-refractivity contribution is 0.0858. The average Bonchev–Trinajstić information content (AvgIpc) is 2.55. The van der Waals surface area contributed by atoms with Gasteiger partial charge in [0.15, 0.2) is 0 Å². The second kappa shape index (κ2) is 9.63. The molecule has 0 unspecified atom stereocenters. The Bertz CT molecular complexity index is 296. The van der Waals surface area contributed by atoms with Crippen LogP contribution in [0.2, 0.25) is 0 Å². The maximum Gasteiger partial charge on any atom is -0.0357 e. The van der Waals surface area contributed by atoms with E-state index in [4.69, 9.17) is 0 Å². The maximum atomic E-state index is 2.44. The van der Waals surface area contributed by atoms with Crippen molar-refractivity contribution in [3.63, 3.8) is 0 Å². The van der Waals surface area contributed by atoms with Gasteiger partial charge >= 0.3 is 0 Å². The van der Waals surface area contributed by atoms with Crippen molar-refractivity contribution in [2.24, 2.45) is 47.3 Å². The van der Waals surface area contributed by atoms with Crippen molar-refractivity contribution in [3.05, 3.63) is 0 Å². The molecule has 0 heterocycles. The summed E-state index contributed by atoms with van der Waals surface area (Å²) in [5.74, 6) is 7.88. The third kappa shape index (κ3) is 5.77. The maximum absolute atomic E-state index is 2.44. The zero-order chi connectivity index (χ0) is 17.7. The lowest BCUT2D eigenvalue weighted by atomic mass is 9.63. The van der Waals surface area contributed by atoms with Crippen molar-refractivity contribution in [3.8, 4) is 0 Å². The van der Waals surface area contributed by atoms with E-state index < -0.39 is 0 Å². The van der Waals surface area contributed by atoms with E-state index in [1.54, 1.807) is 0 Å². The Morgan fingerprint density at radius 1 is 0.500 bits per heavy atom. The lowest BCUT2D eigenvalue weighted by Gasteiger charge is -2.42. The van der Waals surface area contributed by atoms with Gasteiger partial charge in [-0.05, 0) is 105 Å². The molecule has 0 aromatic carbocycles. The Balaban J connectivity index is 1.93. The summed E-state index contributed by atoms with van der Waals surface area (Å²) in [6.45, 7) is 14.6. The Hall–Kier alpha value is 0. The molecule has 142 valence electrons. The van der Waals surface area contributed by atoms with Gasteiger partial charge in [0.05, 0.1) is 0 Å². The Labute approximate surface area is 153 Å². The summed E-state index contributed by atoms with van der Waals surface area (Å²) in [6, 6.07) is 0. The molecule has 0 aromatic heterocycles. The SMILES string of the molecule is CC(C)CCC(C1CCC(C(C)C)CC1)C1CCC(C(C)C)CC1. The Morgan fingerprint density at radius 2 is 0.833 bits per heavy atom. The molecule has 0 aromatic rings. The molecule has 0 N–H and O–H groups in total. The van der Waals surface area contributed by atoms with Crippen LogP contribution >= 0.6 is 0 Å². The quantitative estimate of drug-likeness (QED) is 0.443. The van der Waals surface area contributed by atoms with Gasteiger partial charge in [0, 0.05) is 0 Å². The minimum absolute atomic E-state index is 0.881. The smallest absolute Gasteiger partial charge is 0.0357 e. The van der Waals surface area contributed by atoms with E-state index in [0.29, 0.717) is 0 Å². The fourth-order valence-electron chi connectivity index (χ4n) is 5.86. The molecule has 2 saturated carbocycles. The molecular weight excluding hydrogens is 288 g/mol. The molecule has 0 aliphatic heterocycles. The van der Waals surface area contributed by atoms with Gasteiger partial charge in [0.25, 0.3) is 0 Å². The second-order valence-corrected chi connectivity index (χ2v) is 10.5. The first-order valence-corrected chi connectivity index (χ1v) is 11.4. The first-order chi connectivity index (χ1) is 11.4. The first kappa shape index (κ1) is 20.3. The van der Waals surface area contributed by atoms with Crippen LogP contribution in [0.3, 0.4) is 0 Å². The first-order valence-electron chi connectivity index (χ1n) is 11.4. The van der Waals surface area contributed by atoms with E-state index in [2.05, 4.69) is 41.5 Å². The van der Waals surface area contributed by atoms with E-state index in [1.807, 2.05) is 0 Å². The van der Waals surface area contributed by atoms with Gasteiger partial charge in [0.2, 0.25) is 0 Å². The summed E-state index contributed by atoms with van der Waals surface area (Å²) in [7, 11) is 0. The largest absolute Gasteiger partial charge is 0.0628 e. The van der Waals surface area contributed by atoms with E-state index in [9.17, 15) is 0 Å². The van der Waals surface area contributed by atoms with Crippen molar-refractivity contribution in [1.29, 1.82) is 0 Å². The number of hydrogen-bond donors (Lipinski definition) is 0. The molecule has 2 aliphatic rings. The minimum atomic E-state index is 0.881. The summed E-state index contributed by atoms with van der Waals surface area (Å²) >= 11 is 0. The monoisotopic (exact) mass is 334 g/mol. The van der Waals surface area contributed by atoms with E-state index in [1.165, 1.54) is 64.2 Å². The van der Waals surface area contributed by atoms with Crippen molar-refractivity contribution in [1.82, 2.24) is 0 Å². The third-order valence-electron chi connectivity index (χ3n) is 7.81. The molecule has 2 aliphatic carbocycles. The highest BCUT2D eigenvalue weighted by Gasteiger charge is 2.35. The standard InChI is InChI=1S/C24H46/c1-17(2)7-16-24(22-12-8-20(9-13-22)18(3)4)23-14-10-21(11-15-23)19(5)6/h17-24H,7-16H2,1-6H3. The topological polar surface area (TPSA) is 0 Å². The molecule has 2 fully saturated rings. The van der Waals surface area contributed by atoms with E-state index >= 15 is 0 Å². The van der Waals surface area contributed by atoms with Crippen LogP contribution in [0.25, 0.3) is 0 Å². The average molecular weight is 335 g/mol. The summed E-state index contributed by atoms with van der Waals surface area (Å²) < 4.78 is 0. The molecule has 0 heteroatoms. The molecule has 0 saturated heterocycles. The summed E-state index contributed by atoms with van der Waals surface area (Å²) in [5, 5.41) is 0. The highest BCUT2D eigenvalue weighted by atomic mass is 14.4. The summed E-state index contributed by atoms with van der Waals surface area (Å²) in [5.41, 5.74) is 0. The van der Waals surface area contributed by atoms with Crippen LogP contribution < -0.4 is 0 Å². The van der Waals surface area contributed by atoms with Gasteiger partial charge in [0.1, 0.15) is 0 Å². The van der Waals surface area contributed by atoms with Gasteiger partial charge in [-0.2, -0.15) is 0 Å². The molecule has 0 bridgehead atoms. The van der Waals surface area contributed by atoms with Crippen molar-refractivity contribution in [2.75, 3.05) is 0 Å². The second-order valence-electron chi connectivity index (χ2n) is 10.5.